The molecule has 2 N–H and O–H groups in total. The first-order valence-electron chi connectivity index (χ1n) is 6.61. The fourth-order valence-electron chi connectivity index (χ4n) is 2.51. The number of benzene rings is 2. The second-order valence-corrected chi connectivity index (χ2v) is 6.20. The van der Waals surface area contributed by atoms with Crippen molar-refractivity contribution in [1.29, 1.82) is 0 Å². The smallest absolute Gasteiger partial charge is 0.251 e. The van der Waals surface area contributed by atoms with Gasteiger partial charge in [-0.25, -0.2) is 0 Å². The van der Waals surface area contributed by atoms with E-state index in [0.717, 1.165) is 16.5 Å². The number of hydrogen-bond donors (Lipinski definition) is 2. The first-order valence-corrected chi connectivity index (χ1v) is 7.78. The van der Waals surface area contributed by atoms with E-state index >= 15 is 0 Å². The van der Waals surface area contributed by atoms with Crippen LogP contribution in [0.3, 0.4) is 0 Å². The number of hydrogen-bond acceptors (Lipinski definition) is 2. The van der Waals surface area contributed by atoms with Gasteiger partial charge >= 0.3 is 0 Å². The van der Waals surface area contributed by atoms with Crippen LogP contribution in [0, 0.1) is 0 Å². The monoisotopic (exact) mass is 365 g/mol. The number of nitrogens with one attached hydrogen (secondary N) is 1. The molecule has 2 aromatic rings. The van der Waals surface area contributed by atoms with Crippen LogP contribution in [0.1, 0.15) is 33.2 Å². The highest BCUT2D eigenvalue weighted by Crippen LogP contribution is 2.34. The van der Waals surface area contributed by atoms with E-state index in [1.807, 2.05) is 24.3 Å². The number of carbonyl (C=O) groups is 1. The summed E-state index contributed by atoms with van der Waals surface area (Å²) in [6, 6.07) is 10.9. The first-order chi connectivity index (χ1) is 10.1. The largest absolute Gasteiger partial charge is 0.384 e. The van der Waals surface area contributed by atoms with Crippen LogP contribution in [0.25, 0.3) is 0 Å². The molecule has 0 aliphatic carbocycles. The van der Waals surface area contributed by atoms with Crippen LogP contribution in [0.4, 0.5) is 0 Å². The van der Waals surface area contributed by atoms with E-state index in [1.54, 1.807) is 12.1 Å². The van der Waals surface area contributed by atoms with Gasteiger partial charge in [-0.3, -0.25) is 4.79 Å². The number of aliphatic hydroxyl groups is 1. The maximum absolute atomic E-state index is 11.9. The van der Waals surface area contributed by atoms with Gasteiger partial charge in [-0.1, -0.05) is 35.9 Å². The number of halogens is 2. The molecule has 0 fully saturated rings. The molecule has 0 saturated carbocycles. The predicted molar refractivity (Wildman–Crippen MR) is 85.7 cm³/mol. The summed E-state index contributed by atoms with van der Waals surface area (Å²) in [5.74, 6) is -0.0920. The molecular weight excluding hydrogens is 354 g/mol. The molecule has 0 bridgehead atoms. The summed E-state index contributed by atoms with van der Waals surface area (Å²) in [7, 11) is 0. The second-order valence-electron chi connectivity index (χ2n) is 4.97. The van der Waals surface area contributed by atoms with E-state index in [4.69, 9.17) is 11.6 Å². The zero-order valence-corrected chi connectivity index (χ0v) is 13.4. The van der Waals surface area contributed by atoms with Gasteiger partial charge in [0.1, 0.15) is 6.10 Å². The summed E-state index contributed by atoms with van der Waals surface area (Å²) in [4.78, 5) is 11.9. The van der Waals surface area contributed by atoms with Crippen LogP contribution < -0.4 is 5.32 Å². The molecule has 21 heavy (non-hydrogen) atoms. The van der Waals surface area contributed by atoms with Crippen molar-refractivity contribution in [3.05, 3.63) is 68.1 Å². The molecule has 1 amide bonds. The minimum absolute atomic E-state index is 0.0920. The van der Waals surface area contributed by atoms with Crippen LogP contribution in [0.2, 0.25) is 5.02 Å². The van der Waals surface area contributed by atoms with Crippen LogP contribution in [-0.4, -0.2) is 17.6 Å². The van der Waals surface area contributed by atoms with E-state index in [0.29, 0.717) is 28.3 Å². The maximum Gasteiger partial charge on any atom is 0.251 e. The minimum atomic E-state index is -0.866. The summed E-state index contributed by atoms with van der Waals surface area (Å²) in [5.41, 5.74) is 2.91. The topological polar surface area (TPSA) is 49.3 Å². The third kappa shape index (κ3) is 2.71. The number of carbonyl (C=O) groups excluding carboxylic acids is 1. The summed E-state index contributed by atoms with van der Waals surface area (Å²) >= 11 is 9.57. The van der Waals surface area contributed by atoms with E-state index in [2.05, 4.69) is 21.2 Å². The molecule has 0 saturated heterocycles. The number of aliphatic hydroxyl groups excluding tert-OH is 1. The lowest BCUT2D eigenvalue weighted by molar-refractivity contribution is 0.0945. The summed E-state index contributed by atoms with van der Waals surface area (Å²) < 4.78 is 0.733. The molecule has 108 valence electrons. The van der Waals surface area contributed by atoms with Gasteiger partial charge in [0.15, 0.2) is 0 Å². The van der Waals surface area contributed by atoms with Crippen LogP contribution in [0.15, 0.2) is 40.9 Å². The second kappa shape index (κ2) is 5.79. The van der Waals surface area contributed by atoms with Gasteiger partial charge in [0.2, 0.25) is 0 Å². The predicted octanol–water partition coefficient (Wildman–Crippen LogP) is 3.47. The van der Waals surface area contributed by atoms with Crippen LogP contribution in [0.5, 0.6) is 0 Å². The highest BCUT2D eigenvalue weighted by Gasteiger charge is 2.21. The Balaban J connectivity index is 2.02. The van der Waals surface area contributed by atoms with Crippen molar-refractivity contribution in [2.45, 2.75) is 12.5 Å². The van der Waals surface area contributed by atoms with Gasteiger partial charge in [-0.15, -0.1) is 0 Å². The fourth-order valence-corrected chi connectivity index (χ4v) is 3.12. The van der Waals surface area contributed by atoms with E-state index < -0.39 is 6.10 Å². The highest BCUT2D eigenvalue weighted by atomic mass is 79.9. The molecule has 0 spiro atoms. The molecule has 1 aliphatic rings. The van der Waals surface area contributed by atoms with Crippen molar-refractivity contribution < 1.29 is 9.90 Å². The van der Waals surface area contributed by atoms with Gasteiger partial charge in [0.25, 0.3) is 5.91 Å². The van der Waals surface area contributed by atoms with Gasteiger partial charge in [0.05, 0.1) is 5.02 Å². The zero-order valence-electron chi connectivity index (χ0n) is 11.1. The van der Waals surface area contributed by atoms with Crippen molar-refractivity contribution in [1.82, 2.24) is 5.32 Å². The molecular formula is C16H13BrClNO2. The SMILES string of the molecule is O=C1NCCc2ccc(C(O)c3cccc(Br)c3Cl)cc21. The summed E-state index contributed by atoms with van der Waals surface area (Å²) in [6.07, 6.45) is -0.0511. The van der Waals surface area contributed by atoms with Crippen molar-refractivity contribution in [3.63, 3.8) is 0 Å². The van der Waals surface area contributed by atoms with Crippen LogP contribution >= 0.6 is 27.5 Å². The average molecular weight is 367 g/mol. The Hall–Kier alpha value is -1.36. The van der Waals surface area contributed by atoms with Crippen molar-refractivity contribution in [3.8, 4) is 0 Å². The van der Waals surface area contributed by atoms with Gasteiger partial charge in [-0.2, -0.15) is 0 Å². The molecule has 1 heterocycles. The van der Waals surface area contributed by atoms with Gasteiger partial charge < -0.3 is 10.4 Å². The van der Waals surface area contributed by atoms with E-state index in [9.17, 15) is 9.90 Å². The molecule has 1 aliphatic heterocycles. The molecule has 3 nitrogen and oxygen atoms in total. The molecule has 0 aromatic heterocycles. The first kappa shape index (κ1) is 14.6. The Labute approximate surface area is 136 Å². The molecule has 2 aromatic carbocycles. The summed E-state index contributed by atoms with van der Waals surface area (Å²) in [5, 5.41) is 13.8. The number of rotatable bonds is 2. The molecule has 1 unspecified atom stereocenters. The highest BCUT2D eigenvalue weighted by molar-refractivity contribution is 9.10. The Morgan fingerprint density at radius 3 is 2.90 bits per heavy atom. The quantitative estimate of drug-likeness (QED) is 0.855. The number of amides is 1. The Morgan fingerprint density at radius 2 is 2.10 bits per heavy atom. The fraction of sp³-hybridized carbons (Fsp3) is 0.188. The Morgan fingerprint density at radius 1 is 1.29 bits per heavy atom. The molecule has 0 radical (unpaired) electrons. The lowest BCUT2D eigenvalue weighted by atomic mass is 9.94. The van der Waals surface area contributed by atoms with Crippen molar-refractivity contribution in [2.75, 3.05) is 6.54 Å². The standard InChI is InChI=1S/C16H13BrClNO2/c17-13-3-1-2-11(14(13)18)15(20)10-5-4-9-6-7-19-16(21)12(9)8-10/h1-5,8,15,20H,6-7H2,(H,19,21). The van der Waals surface area contributed by atoms with Crippen molar-refractivity contribution in [2.24, 2.45) is 0 Å². The lowest BCUT2D eigenvalue weighted by Crippen LogP contribution is -2.31. The maximum atomic E-state index is 11.9. The zero-order chi connectivity index (χ0) is 15.0. The summed E-state index contributed by atoms with van der Waals surface area (Å²) in [6.45, 7) is 0.658. The molecule has 3 rings (SSSR count). The van der Waals surface area contributed by atoms with E-state index in [1.165, 1.54) is 0 Å². The van der Waals surface area contributed by atoms with Crippen LogP contribution in [-0.2, 0) is 6.42 Å². The Kier molecular flexibility index (Phi) is 4.02. The minimum Gasteiger partial charge on any atom is -0.384 e. The number of fused-ring (bicyclic) bond motifs is 1. The molecule has 1 atom stereocenters. The molecule has 5 heteroatoms. The van der Waals surface area contributed by atoms with Crippen molar-refractivity contribution >= 4 is 33.4 Å². The Bertz CT molecular complexity index is 717. The average Bonchev–Trinajstić information content (AvgIpc) is 2.49. The van der Waals surface area contributed by atoms with Gasteiger partial charge in [0, 0.05) is 22.1 Å². The third-order valence-electron chi connectivity index (χ3n) is 3.65. The third-order valence-corrected chi connectivity index (χ3v) is 4.96. The van der Waals surface area contributed by atoms with Gasteiger partial charge in [-0.05, 0) is 45.6 Å². The van der Waals surface area contributed by atoms with E-state index in [-0.39, 0.29) is 5.91 Å². The normalized spacial score (nSPS) is 15.3. The lowest BCUT2D eigenvalue weighted by Gasteiger charge is -2.19.